The normalized spacial score (nSPS) is 15.4. The van der Waals surface area contributed by atoms with Crippen LogP contribution in [-0.4, -0.2) is 50.7 Å². The third-order valence-electron chi connectivity index (χ3n) is 4.32. The van der Waals surface area contributed by atoms with Crippen molar-refractivity contribution in [3.05, 3.63) is 29.8 Å². The lowest BCUT2D eigenvalue weighted by atomic mass is 10.2. The van der Waals surface area contributed by atoms with Crippen LogP contribution in [0.3, 0.4) is 0 Å². The van der Waals surface area contributed by atoms with E-state index in [1.807, 2.05) is 0 Å². The summed E-state index contributed by atoms with van der Waals surface area (Å²) < 4.78 is 27.2. The van der Waals surface area contributed by atoms with Crippen LogP contribution in [0, 0.1) is 12.3 Å². The van der Waals surface area contributed by atoms with Gasteiger partial charge >= 0.3 is 0 Å². The Labute approximate surface area is 160 Å². The van der Waals surface area contributed by atoms with Crippen LogP contribution in [0.15, 0.2) is 29.2 Å². The predicted molar refractivity (Wildman–Crippen MR) is 102 cm³/mol. The minimum Gasteiger partial charge on any atom is -0.352 e. The third kappa shape index (κ3) is 6.08. The fourth-order valence-corrected chi connectivity index (χ4v) is 4.42. The number of terminal acetylenes is 1. The van der Waals surface area contributed by atoms with Crippen molar-refractivity contribution >= 4 is 21.8 Å². The highest BCUT2D eigenvalue weighted by atomic mass is 32.2. The van der Waals surface area contributed by atoms with Crippen molar-refractivity contribution in [3.63, 3.8) is 0 Å². The molecule has 1 heterocycles. The van der Waals surface area contributed by atoms with Gasteiger partial charge < -0.3 is 10.6 Å². The molecule has 1 aliphatic rings. The monoisotopic (exact) mass is 391 g/mol. The molecule has 0 unspecified atom stereocenters. The second-order valence-corrected chi connectivity index (χ2v) is 8.27. The third-order valence-corrected chi connectivity index (χ3v) is 6.22. The number of nitrogens with one attached hydrogen (secondary N) is 2. The fourth-order valence-electron chi connectivity index (χ4n) is 2.86. The molecule has 1 aliphatic heterocycles. The number of benzene rings is 1. The number of hydrogen-bond donors (Lipinski definition) is 2. The first-order chi connectivity index (χ1) is 12.9. The lowest BCUT2D eigenvalue weighted by Gasteiger charge is -2.20. The predicted octanol–water partition coefficient (Wildman–Crippen LogP) is 1.12. The van der Waals surface area contributed by atoms with Gasteiger partial charge in [0.15, 0.2) is 0 Å². The Balaban J connectivity index is 2.00. The van der Waals surface area contributed by atoms with Crippen LogP contribution in [0.25, 0.3) is 0 Å². The summed E-state index contributed by atoms with van der Waals surface area (Å²) in [5.41, 5.74) is 0.245. The van der Waals surface area contributed by atoms with E-state index in [2.05, 4.69) is 16.6 Å². The summed E-state index contributed by atoms with van der Waals surface area (Å²) in [6.45, 7) is 1.29. The Hall–Kier alpha value is -2.37. The number of nitrogens with zero attached hydrogens (tertiary/aromatic N) is 1. The second-order valence-electron chi connectivity index (χ2n) is 6.33. The van der Waals surface area contributed by atoms with Gasteiger partial charge in [-0.1, -0.05) is 24.8 Å². The van der Waals surface area contributed by atoms with Crippen molar-refractivity contribution in [2.24, 2.45) is 0 Å². The van der Waals surface area contributed by atoms with Gasteiger partial charge in [-0.25, -0.2) is 8.42 Å². The molecule has 2 N–H and O–H groups in total. The van der Waals surface area contributed by atoms with Crippen molar-refractivity contribution in [1.29, 1.82) is 0 Å². The van der Waals surface area contributed by atoms with Crippen LogP contribution >= 0.6 is 0 Å². The molecule has 1 aromatic rings. The van der Waals surface area contributed by atoms with Crippen molar-refractivity contribution in [2.45, 2.75) is 37.0 Å². The minimum absolute atomic E-state index is 0.0964. The number of rotatable bonds is 7. The highest BCUT2D eigenvalue weighted by molar-refractivity contribution is 7.89. The smallest absolute Gasteiger partial charge is 0.251 e. The molecule has 146 valence electrons. The summed E-state index contributed by atoms with van der Waals surface area (Å²) in [5, 5.41) is 5.12. The fraction of sp³-hybridized carbons (Fsp3) is 0.474. The molecule has 1 saturated heterocycles. The van der Waals surface area contributed by atoms with E-state index in [0.717, 1.165) is 25.7 Å². The zero-order chi connectivity index (χ0) is 19.7. The molecule has 2 amide bonds. The maximum atomic E-state index is 12.8. The van der Waals surface area contributed by atoms with Gasteiger partial charge in [0.05, 0.1) is 11.4 Å². The van der Waals surface area contributed by atoms with Gasteiger partial charge in [0, 0.05) is 31.6 Å². The van der Waals surface area contributed by atoms with E-state index in [4.69, 9.17) is 6.42 Å². The minimum atomic E-state index is -3.62. The van der Waals surface area contributed by atoms with E-state index < -0.39 is 15.9 Å². The van der Waals surface area contributed by atoms with Gasteiger partial charge in [0.2, 0.25) is 15.9 Å². The molecule has 0 radical (unpaired) electrons. The molecular weight excluding hydrogens is 366 g/mol. The highest BCUT2D eigenvalue weighted by Gasteiger charge is 2.25. The molecule has 0 aromatic heterocycles. The first-order valence-corrected chi connectivity index (χ1v) is 10.5. The van der Waals surface area contributed by atoms with Gasteiger partial charge in [-0.05, 0) is 31.0 Å². The molecule has 1 fully saturated rings. The molecule has 0 spiro atoms. The highest BCUT2D eigenvalue weighted by Crippen LogP contribution is 2.21. The van der Waals surface area contributed by atoms with Crippen LogP contribution in [0.5, 0.6) is 0 Å². The molecule has 27 heavy (non-hydrogen) atoms. The molecule has 0 atom stereocenters. The molecule has 8 heteroatoms. The van der Waals surface area contributed by atoms with Crippen molar-refractivity contribution < 1.29 is 18.0 Å². The second kappa shape index (κ2) is 10.1. The Morgan fingerprint density at radius 1 is 1.11 bits per heavy atom. The zero-order valence-corrected chi connectivity index (χ0v) is 16.1. The molecule has 0 saturated carbocycles. The van der Waals surface area contributed by atoms with Gasteiger partial charge in [0.1, 0.15) is 0 Å². The number of amides is 2. The first kappa shape index (κ1) is 20.9. The van der Waals surface area contributed by atoms with Gasteiger partial charge in [-0.15, -0.1) is 6.42 Å². The van der Waals surface area contributed by atoms with E-state index in [9.17, 15) is 18.0 Å². The summed E-state index contributed by atoms with van der Waals surface area (Å²) in [6, 6.07) is 5.99. The van der Waals surface area contributed by atoms with Crippen molar-refractivity contribution in [1.82, 2.24) is 14.9 Å². The topological polar surface area (TPSA) is 95.6 Å². The van der Waals surface area contributed by atoms with Crippen LogP contribution in [-0.2, 0) is 14.8 Å². The van der Waals surface area contributed by atoms with Crippen molar-refractivity contribution in [2.75, 3.05) is 26.2 Å². The Morgan fingerprint density at radius 2 is 1.81 bits per heavy atom. The zero-order valence-electron chi connectivity index (χ0n) is 15.2. The molecular formula is C19H25N3O4S. The standard InChI is InChI=1S/C19H25N3O4S/c1-2-11-20-18(23)10-12-21-19(24)16-8-7-9-17(15-16)27(25,26)22-13-5-3-4-6-14-22/h1,7-9,15H,3-6,10-14H2,(H,20,23)(H,21,24). The first-order valence-electron chi connectivity index (χ1n) is 9.03. The summed E-state index contributed by atoms with van der Waals surface area (Å²) in [7, 11) is -3.62. The van der Waals surface area contributed by atoms with E-state index in [1.54, 1.807) is 12.1 Å². The van der Waals surface area contributed by atoms with Crippen LogP contribution < -0.4 is 10.6 Å². The van der Waals surface area contributed by atoms with E-state index in [1.165, 1.54) is 16.4 Å². The van der Waals surface area contributed by atoms with Gasteiger partial charge in [0.25, 0.3) is 5.91 Å². The van der Waals surface area contributed by atoms with Gasteiger partial charge in [-0.3, -0.25) is 9.59 Å². The van der Waals surface area contributed by atoms with Crippen molar-refractivity contribution in [3.8, 4) is 12.3 Å². The molecule has 1 aromatic carbocycles. The average molecular weight is 391 g/mol. The summed E-state index contributed by atoms with van der Waals surface area (Å²) in [5.74, 6) is 1.61. The summed E-state index contributed by atoms with van der Waals surface area (Å²) in [6.07, 6.45) is 8.91. The number of hydrogen-bond acceptors (Lipinski definition) is 4. The summed E-state index contributed by atoms with van der Waals surface area (Å²) in [4.78, 5) is 23.8. The Kier molecular flexibility index (Phi) is 7.82. The molecule has 7 nitrogen and oxygen atoms in total. The lowest BCUT2D eigenvalue weighted by molar-refractivity contribution is -0.120. The summed E-state index contributed by atoms with van der Waals surface area (Å²) >= 11 is 0. The van der Waals surface area contributed by atoms with E-state index in [0.29, 0.717) is 13.1 Å². The maximum absolute atomic E-state index is 12.8. The van der Waals surface area contributed by atoms with E-state index >= 15 is 0 Å². The van der Waals surface area contributed by atoms with E-state index in [-0.39, 0.29) is 35.9 Å². The lowest BCUT2D eigenvalue weighted by Crippen LogP contribution is -2.32. The Bertz CT molecular complexity index is 806. The molecule has 0 bridgehead atoms. The van der Waals surface area contributed by atoms with Gasteiger partial charge in [-0.2, -0.15) is 4.31 Å². The van der Waals surface area contributed by atoms with Crippen LogP contribution in [0.1, 0.15) is 42.5 Å². The molecule has 0 aliphatic carbocycles. The Morgan fingerprint density at radius 3 is 2.48 bits per heavy atom. The average Bonchev–Trinajstić information content (AvgIpc) is 2.96. The maximum Gasteiger partial charge on any atom is 0.251 e. The number of carbonyl (C=O) groups is 2. The number of sulfonamides is 1. The SMILES string of the molecule is C#CCNC(=O)CCNC(=O)c1cccc(S(=O)(=O)N2CCCCCC2)c1. The largest absolute Gasteiger partial charge is 0.352 e. The number of carbonyl (C=O) groups excluding carboxylic acids is 2. The van der Waals surface area contributed by atoms with Crippen LogP contribution in [0.2, 0.25) is 0 Å². The van der Waals surface area contributed by atoms with Crippen LogP contribution in [0.4, 0.5) is 0 Å². The quantitative estimate of drug-likeness (QED) is 0.681. The molecule has 2 rings (SSSR count).